The number of allylic oxidation sites excluding steroid dienone is 1. The molecule has 186 valence electrons. The SMILES string of the molecule is CCCCCCCCC/C=C/[C@@H](O)[C@H](O)[C@@H](O)[C@@H](OC)C(=O)N[C@H]1CC[C@@H](O)CNC1=O. The predicted molar refractivity (Wildman–Crippen MR) is 121 cm³/mol. The molecule has 0 aromatic carbocycles. The van der Waals surface area contributed by atoms with Crippen LogP contribution in [-0.2, 0) is 14.3 Å². The topological polar surface area (TPSA) is 148 Å². The lowest BCUT2D eigenvalue weighted by Gasteiger charge is -2.28. The molecule has 0 spiro atoms. The molecule has 9 nitrogen and oxygen atoms in total. The van der Waals surface area contributed by atoms with Crippen LogP contribution in [0.4, 0.5) is 0 Å². The summed E-state index contributed by atoms with van der Waals surface area (Å²) < 4.78 is 5.03. The summed E-state index contributed by atoms with van der Waals surface area (Å²) in [6.45, 7) is 2.29. The van der Waals surface area contributed by atoms with Gasteiger partial charge in [0.1, 0.15) is 24.4 Å². The Morgan fingerprint density at radius 2 is 1.78 bits per heavy atom. The highest BCUT2D eigenvalue weighted by Crippen LogP contribution is 2.13. The number of hydrogen-bond donors (Lipinski definition) is 6. The molecule has 1 aliphatic heterocycles. The van der Waals surface area contributed by atoms with Crippen LogP contribution in [0, 0.1) is 0 Å². The normalized spacial score (nSPS) is 23.2. The third-order valence-electron chi connectivity index (χ3n) is 5.76. The Morgan fingerprint density at radius 3 is 2.44 bits per heavy atom. The first-order valence-electron chi connectivity index (χ1n) is 11.8. The Labute approximate surface area is 191 Å². The Morgan fingerprint density at radius 1 is 1.12 bits per heavy atom. The van der Waals surface area contributed by atoms with Crippen molar-refractivity contribution >= 4 is 11.8 Å². The van der Waals surface area contributed by atoms with Crippen molar-refractivity contribution in [3.63, 3.8) is 0 Å². The number of nitrogens with one attached hydrogen (secondary N) is 2. The molecule has 1 saturated heterocycles. The van der Waals surface area contributed by atoms with Crippen LogP contribution in [0.5, 0.6) is 0 Å². The van der Waals surface area contributed by atoms with Gasteiger partial charge in [0.05, 0.1) is 6.10 Å². The zero-order valence-electron chi connectivity index (χ0n) is 19.4. The van der Waals surface area contributed by atoms with Gasteiger partial charge in [0.25, 0.3) is 5.91 Å². The van der Waals surface area contributed by atoms with Crippen LogP contribution in [0.1, 0.15) is 71.1 Å². The number of aliphatic hydroxyl groups is 4. The molecule has 9 heteroatoms. The van der Waals surface area contributed by atoms with Crippen LogP contribution in [0.25, 0.3) is 0 Å². The molecule has 2 amide bonds. The highest BCUT2D eigenvalue weighted by molar-refractivity contribution is 5.89. The minimum absolute atomic E-state index is 0.109. The highest BCUT2D eigenvalue weighted by Gasteiger charge is 2.37. The van der Waals surface area contributed by atoms with E-state index in [4.69, 9.17) is 4.74 Å². The van der Waals surface area contributed by atoms with E-state index in [0.29, 0.717) is 6.42 Å². The van der Waals surface area contributed by atoms with Gasteiger partial charge in [0.15, 0.2) is 6.10 Å². The summed E-state index contributed by atoms with van der Waals surface area (Å²) in [5.41, 5.74) is 0. The van der Waals surface area contributed by atoms with Gasteiger partial charge in [-0.25, -0.2) is 0 Å². The maximum atomic E-state index is 12.5. The van der Waals surface area contributed by atoms with Crippen LogP contribution < -0.4 is 10.6 Å². The zero-order valence-corrected chi connectivity index (χ0v) is 19.4. The van der Waals surface area contributed by atoms with Gasteiger partial charge in [-0.3, -0.25) is 9.59 Å². The molecule has 6 atom stereocenters. The summed E-state index contributed by atoms with van der Waals surface area (Å²) in [6.07, 6.45) is 5.88. The van der Waals surface area contributed by atoms with E-state index < -0.39 is 48.4 Å². The van der Waals surface area contributed by atoms with Crippen molar-refractivity contribution < 1.29 is 34.8 Å². The molecule has 1 fully saturated rings. The maximum Gasteiger partial charge on any atom is 0.252 e. The fraction of sp³-hybridized carbons (Fsp3) is 0.826. The molecule has 0 aliphatic carbocycles. The number of ether oxygens (including phenoxy) is 1. The first-order valence-corrected chi connectivity index (χ1v) is 11.8. The van der Waals surface area contributed by atoms with Crippen LogP contribution in [-0.4, -0.2) is 82.5 Å². The fourth-order valence-corrected chi connectivity index (χ4v) is 3.68. The largest absolute Gasteiger partial charge is 0.391 e. The molecule has 0 radical (unpaired) electrons. The van der Waals surface area contributed by atoms with Crippen molar-refractivity contribution in [1.29, 1.82) is 0 Å². The second kappa shape index (κ2) is 16.1. The average molecular weight is 459 g/mol. The number of methoxy groups -OCH3 is 1. The summed E-state index contributed by atoms with van der Waals surface area (Å²) in [5, 5.41) is 45.5. The minimum Gasteiger partial charge on any atom is -0.391 e. The predicted octanol–water partition coefficient (Wildman–Crippen LogP) is 0.537. The van der Waals surface area contributed by atoms with E-state index in [-0.39, 0.29) is 13.0 Å². The molecular formula is C23H42N2O7. The molecule has 1 aliphatic rings. The number of rotatable bonds is 15. The quantitative estimate of drug-likeness (QED) is 0.155. The van der Waals surface area contributed by atoms with Gasteiger partial charge in [-0.05, 0) is 25.7 Å². The van der Waals surface area contributed by atoms with E-state index >= 15 is 0 Å². The standard InChI is InChI=1S/C23H42N2O7/c1-3-4-5-6-7-8-9-10-11-12-18(27)19(28)20(29)21(32-2)23(31)25-17-14-13-16(26)15-24-22(17)30/h11-12,16-21,26-29H,3-10,13-15H2,1-2H3,(H,24,30)(H,25,31)/b12-11+/t16-,17+,18-,19+,20-,21-/m1/s1. The van der Waals surface area contributed by atoms with Crippen molar-refractivity contribution in [2.24, 2.45) is 0 Å². The number of carbonyl (C=O) groups is 2. The first kappa shape index (κ1) is 28.5. The fourth-order valence-electron chi connectivity index (χ4n) is 3.68. The van der Waals surface area contributed by atoms with Gasteiger partial charge in [0.2, 0.25) is 5.91 Å². The van der Waals surface area contributed by atoms with Crippen molar-refractivity contribution in [2.75, 3.05) is 13.7 Å². The Balaban J connectivity index is 2.46. The third kappa shape index (κ3) is 10.4. The molecule has 1 heterocycles. The number of carbonyl (C=O) groups excluding carboxylic acids is 2. The first-order chi connectivity index (χ1) is 15.3. The smallest absolute Gasteiger partial charge is 0.252 e. The summed E-state index contributed by atoms with van der Waals surface area (Å²) in [4.78, 5) is 24.6. The lowest BCUT2D eigenvalue weighted by atomic mass is 10.0. The Kier molecular flexibility index (Phi) is 14.4. The van der Waals surface area contributed by atoms with E-state index in [1.807, 2.05) is 0 Å². The molecule has 0 aromatic heterocycles. The molecule has 0 bridgehead atoms. The van der Waals surface area contributed by atoms with Crippen molar-refractivity contribution in [1.82, 2.24) is 10.6 Å². The monoisotopic (exact) mass is 458 g/mol. The highest BCUT2D eigenvalue weighted by atomic mass is 16.5. The number of β-amino-alcohol motifs (C(OH)–C–C–N with tert-alkyl or cyclic N) is 1. The second-order valence-corrected chi connectivity index (χ2v) is 8.50. The van der Waals surface area contributed by atoms with E-state index in [1.54, 1.807) is 6.08 Å². The molecule has 6 N–H and O–H groups in total. The van der Waals surface area contributed by atoms with Gasteiger partial charge >= 0.3 is 0 Å². The van der Waals surface area contributed by atoms with Crippen LogP contribution in [0.3, 0.4) is 0 Å². The van der Waals surface area contributed by atoms with E-state index in [0.717, 1.165) is 19.3 Å². The molecule has 0 saturated carbocycles. The van der Waals surface area contributed by atoms with Crippen molar-refractivity contribution in [2.45, 2.75) is 108 Å². The molecule has 0 aromatic rings. The van der Waals surface area contributed by atoms with Crippen LogP contribution in [0.15, 0.2) is 12.2 Å². The van der Waals surface area contributed by atoms with E-state index in [9.17, 15) is 30.0 Å². The van der Waals surface area contributed by atoms with Gasteiger partial charge in [-0.1, -0.05) is 57.6 Å². The van der Waals surface area contributed by atoms with Crippen molar-refractivity contribution in [3.05, 3.63) is 12.2 Å². The van der Waals surface area contributed by atoms with E-state index in [2.05, 4.69) is 17.6 Å². The molecule has 1 rings (SSSR count). The number of hydrogen-bond acceptors (Lipinski definition) is 7. The van der Waals surface area contributed by atoms with Gasteiger partial charge in [0, 0.05) is 13.7 Å². The average Bonchev–Trinajstić information content (AvgIpc) is 2.93. The Hall–Kier alpha value is -1.52. The van der Waals surface area contributed by atoms with Crippen molar-refractivity contribution in [3.8, 4) is 0 Å². The third-order valence-corrected chi connectivity index (χ3v) is 5.76. The number of amides is 2. The lowest BCUT2D eigenvalue weighted by molar-refractivity contribution is -0.150. The summed E-state index contributed by atoms with van der Waals surface area (Å²) in [7, 11) is 1.19. The van der Waals surface area contributed by atoms with Crippen LogP contribution >= 0.6 is 0 Å². The second-order valence-electron chi connectivity index (χ2n) is 8.50. The summed E-state index contributed by atoms with van der Waals surface area (Å²) in [5.74, 6) is -1.22. The summed E-state index contributed by atoms with van der Waals surface area (Å²) in [6, 6.07) is -0.881. The maximum absolute atomic E-state index is 12.5. The molecule has 0 unspecified atom stereocenters. The minimum atomic E-state index is -1.70. The molecular weight excluding hydrogens is 416 g/mol. The summed E-state index contributed by atoms with van der Waals surface area (Å²) >= 11 is 0. The molecule has 32 heavy (non-hydrogen) atoms. The lowest BCUT2D eigenvalue weighted by Crippen LogP contribution is -2.55. The van der Waals surface area contributed by atoms with Gasteiger partial charge in [-0.15, -0.1) is 0 Å². The van der Waals surface area contributed by atoms with Gasteiger partial charge < -0.3 is 35.8 Å². The number of aliphatic hydroxyl groups excluding tert-OH is 4. The van der Waals surface area contributed by atoms with Crippen LogP contribution in [0.2, 0.25) is 0 Å². The Bertz CT molecular complexity index is 573. The van der Waals surface area contributed by atoms with Gasteiger partial charge in [-0.2, -0.15) is 0 Å². The number of unbranched alkanes of at least 4 members (excludes halogenated alkanes) is 7. The zero-order chi connectivity index (χ0) is 23.9. The van der Waals surface area contributed by atoms with E-state index in [1.165, 1.54) is 45.3 Å².